The number of nitrogens with two attached hydrogens (primary N) is 1. The highest BCUT2D eigenvalue weighted by Gasteiger charge is 2.23. The van der Waals surface area contributed by atoms with Crippen LogP contribution in [-0.2, 0) is 22.6 Å². The Hall–Kier alpha value is -2.67. The van der Waals surface area contributed by atoms with Gasteiger partial charge in [0.05, 0.1) is 11.6 Å². The second-order valence-corrected chi connectivity index (χ2v) is 7.52. The quantitative estimate of drug-likeness (QED) is 0.764. The lowest BCUT2D eigenvalue weighted by molar-refractivity contribution is -0.123. The molecule has 3 N–H and O–H groups in total. The average Bonchev–Trinajstić information content (AvgIpc) is 2.99. The molecule has 0 bridgehead atoms. The van der Waals surface area contributed by atoms with Gasteiger partial charge in [-0.3, -0.25) is 14.5 Å². The highest BCUT2D eigenvalue weighted by molar-refractivity contribution is 5.90. The van der Waals surface area contributed by atoms with E-state index in [0.29, 0.717) is 12.8 Å². The van der Waals surface area contributed by atoms with Gasteiger partial charge in [0.2, 0.25) is 11.8 Å². The maximum atomic E-state index is 12.2. The summed E-state index contributed by atoms with van der Waals surface area (Å²) >= 11 is 0. The Morgan fingerprint density at radius 3 is 2.68 bits per heavy atom. The molecular weight excluding hydrogens is 356 g/mol. The molecule has 2 aromatic rings. The van der Waals surface area contributed by atoms with Crippen molar-refractivity contribution in [3.05, 3.63) is 46.8 Å². The van der Waals surface area contributed by atoms with E-state index in [4.69, 9.17) is 10.3 Å². The van der Waals surface area contributed by atoms with Crippen molar-refractivity contribution in [3.8, 4) is 0 Å². The monoisotopic (exact) mass is 384 g/mol. The Balaban J connectivity index is 1.48. The molecule has 2 heterocycles. The SMILES string of the molecule is Cc1noc(C)c1CCC(=O)Nc1ccc(CN2CCC[C@@H](C(N)=O)C2)cc1. The number of rotatable bonds is 7. The summed E-state index contributed by atoms with van der Waals surface area (Å²) in [7, 11) is 0. The molecule has 0 radical (unpaired) electrons. The van der Waals surface area contributed by atoms with Crippen LogP contribution in [0.1, 0.15) is 41.8 Å². The van der Waals surface area contributed by atoms with Gasteiger partial charge in [-0.1, -0.05) is 17.3 Å². The summed E-state index contributed by atoms with van der Waals surface area (Å²) in [6, 6.07) is 7.85. The summed E-state index contributed by atoms with van der Waals surface area (Å²) < 4.78 is 5.13. The number of primary amides is 1. The van der Waals surface area contributed by atoms with Crippen LogP contribution in [0, 0.1) is 19.8 Å². The minimum atomic E-state index is -0.209. The van der Waals surface area contributed by atoms with Gasteiger partial charge in [0.1, 0.15) is 5.76 Å². The van der Waals surface area contributed by atoms with E-state index in [-0.39, 0.29) is 17.7 Å². The predicted octanol–water partition coefficient (Wildman–Crippen LogP) is 2.56. The van der Waals surface area contributed by atoms with Gasteiger partial charge in [0.25, 0.3) is 0 Å². The Morgan fingerprint density at radius 2 is 2.04 bits per heavy atom. The van der Waals surface area contributed by atoms with E-state index in [2.05, 4.69) is 15.4 Å². The Morgan fingerprint density at radius 1 is 1.29 bits per heavy atom. The van der Waals surface area contributed by atoms with Crippen molar-refractivity contribution in [2.45, 2.75) is 46.1 Å². The Bertz CT molecular complexity index is 809. The van der Waals surface area contributed by atoms with Crippen LogP contribution in [0.5, 0.6) is 0 Å². The van der Waals surface area contributed by atoms with Crippen molar-refractivity contribution in [1.29, 1.82) is 0 Å². The number of hydrogen-bond acceptors (Lipinski definition) is 5. The van der Waals surface area contributed by atoms with Gasteiger partial charge in [-0.25, -0.2) is 0 Å². The maximum Gasteiger partial charge on any atom is 0.224 e. The summed E-state index contributed by atoms with van der Waals surface area (Å²) in [5.74, 6) is 0.475. The number of carbonyl (C=O) groups is 2. The van der Waals surface area contributed by atoms with Crippen molar-refractivity contribution < 1.29 is 14.1 Å². The van der Waals surface area contributed by atoms with Crippen LogP contribution in [0.4, 0.5) is 5.69 Å². The lowest BCUT2D eigenvalue weighted by atomic mass is 9.97. The molecule has 1 aliphatic rings. The minimum Gasteiger partial charge on any atom is -0.369 e. The molecule has 3 rings (SSSR count). The fraction of sp³-hybridized carbons (Fsp3) is 0.476. The highest BCUT2D eigenvalue weighted by Crippen LogP contribution is 2.20. The fourth-order valence-corrected chi connectivity index (χ4v) is 3.70. The van der Waals surface area contributed by atoms with E-state index in [1.54, 1.807) is 0 Å². The van der Waals surface area contributed by atoms with E-state index in [1.807, 2.05) is 38.1 Å². The van der Waals surface area contributed by atoms with Crippen LogP contribution in [0.25, 0.3) is 0 Å². The molecule has 0 saturated carbocycles. The molecule has 1 saturated heterocycles. The lowest BCUT2D eigenvalue weighted by Gasteiger charge is -2.31. The van der Waals surface area contributed by atoms with Gasteiger partial charge in [-0.15, -0.1) is 0 Å². The second kappa shape index (κ2) is 9.01. The molecule has 1 aliphatic heterocycles. The minimum absolute atomic E-state index is 0.0342. The normalized spacial score (nSPS) is 17.4. The van der Waals surface area contributed by atoms with Crippen LogP contribution in [0.3, 0.4) is 0 Å². The number of aryl methyl sites for hydroxylation is 2. The van der Waals surface area contributed by atoms with Crippen molar-refractivity contribution in [2.24, 2.45) is 11.7 Å². The van der Waals surface area contributed by atoms with E-state index in [1.165, 1.54) is 0 Å². The zero-order valence-electron chi connectivity index (χ0n) is 16.5. The average molecular weight is 384 g/mol. The first-order valence-corrected chi connectivity index (χ1v) is 9.74. The third kappa shape index (κ3) is 5.19. The number of anilines is 1. The molecule has 1 aromatic carbocycles. The molecule has 1 atom stereocenters. The summed E-state index contributed by atoms with van der Waals surface area (Å²) in [5, 5.41) is 6.84. The molecule has 150 valence electrons. The summed E-state index contributed by atoms with van der Waals surface area (Å²) in [6.45, 7) is 6.22. The molecule has 2 amide bonds. The first kappa shape index (κ1) is 20.1. The number of nitrogens with zero attached hydrogens (tertiary/aromatic N) is 2. The van der Waals surface area contributed by atoms with Gasteiger partial charge in [0.15, 0.2) is 0 Å². The molecule has 1 aromatic heterocycles. The van der Waals surface area contributed by atoms with Crippen molar-refractivity contribution in [1.82, 2.24) is 10.1 Å². The van der Waals surface area contributed by atoms with Gasteiger partial charge in [0, 0.05) is 30.8 Å². The third-order valence-electron chi connectivity index (χ3n) is 5.34. The first-order valence-electron chi connectivity index (χ1n) is 9.74. The number of benzene rings is 1. The standard InChI is InChI=1S/C21H28N4O3/c1-14-19(15(2)28-24-14)9-10-20(26)23-18-7-5-16(6-8-18)12-25-11-3-4-17(13-25)21(22)27/h5-8,17H,3-4,9-13H2,1-2H3,(H2,22,27)(H,23,26)/t17-/m1/s1. The van der Waals surface area contributed by atoms with E-state index >= 15 is 0 Å². The molecule has 1 fully saturated rings. The highest BCUT2D eigenvalue weighted by atomic mass is 16.5. The van der Waals surface area contributed by atoms with Crippen LogP contribution < -0.4 is 11.1 Å². The zero-order valence-corrected chi connectivity index (χ0v) is 16.5. The topological polar surface area (TPSA) is 101 Å². The van der Waals surface area contributed by atoms with E-state index in [9.17, 15) is 9.59 Å². The summed E-state index contributed by atoms with van der Waals surface area (Å²) in [6.07, 6.45) is 2.87. The number of likely N-dealkylation sites (tertiary alicyclic amines) is 1. The molecule has 7 nitrogen and oxygen atoms in total. The number of amides is 2. The van der Waals surface area contributed by atoms with Crippen LogP contribution in [0.15, 0.2) is 28.8 Å². The van der Waals surface area contributed by atoms with Crippen molar-refractivity contribution in [2.75, 3.05) is 18.4 Å². The van der Waals surface area contributed by atoms with Crippen LogP contribution >= 0.6 is 0 Å². The van der Waals surface area contributed by atoms with Gasteiger partial charge < -0.3 is 15.6 Å². The number of hydrogen-bond donors (Lipinski definition) is 2. The molecule has 0 aliphatic carbocycles. The van der Waals surface area contributed by atoms with Crippen molar-refractivity contribution in [3.63, 3.8) is 0 Å². The third-order valence-corrected chi connectivity index (χ3v) is 5.34. The zero-order chi connectivity index (χ0) is 20.1. The molecule has 28 heavy (non-hydrogen) atoms. The number of piperidine rings is 1. The second-order valence-electron chi connectivity index (χ2n) is 7.52. The number of aromatic nitrogens is 1. The summed E-state index contributed by atoms with van der Waals surface area (Å²) in [5.41, 5.74) is 9.22. The molecule has 0 unspecified atom stereocenters. The predicted molar refractivity (Wildman–Crippen MR) is 107 cm³/mol. The molecule has 0 spiro atoms. The Labute approximate surface area is 165 Å². The molecule has 7 heteroatoms. The van der Waals surface area contributed by atoms with Gasteiger partial charge in [-0.05, 0) is 57.4 Å². The smallest absolute Gasteiger partial charge is 0.224 e. The maximum absolute atomic E-state index is 12.2. The van der Waals surface area contributed by atoms with Gasteiger partial charge >= 0.3 is 0 Å². The van der Waals surface area contributed by atoms with Crippen LogP contribution in [-0.4, -0.2) is 35.0 Å². The number of carbonyl (C=O) groups excluding carboxylic acids is 2. The largest absolute Gasteiger partial charge is 0.369 e. The fourth-order valence-electron chi connectivity index (χ4n) is 3.70. The number of nitrogens with one attached hydrogen (secondary N) is 1. The van der Waals surface area contributed by atoms with E-state index in [0.717, 1.165) is 60.7 Å². The molecular formula is C21H28N4O3. The first-order chi connectivity index (χ1) is 13.4. The Kier molecular flexibility index (Phi) is 6.46. The lowest BCUT2D eigenvalue weighted by Crippen LogP contribution is -2.40. The van der Waals surface area contributed by atoms with E-state index < -0.39 is 0 Å². The van der Waals surface area contributed by atoms with Crippen molar-refractivity contribution >= 4 is 17.5 Å². The van der Waals surface area contributed by atoms with Crippen LogP contribution in [0.2, 0.25) is 0 Å². The summed E-state index contributed by atoms with van der Waals surface area (Å²) in [4.78, 5) is 25.9. The van der Waals surface area contributed by atoms with Gasteiger partial charge in [-0.2, -0.15) is 0 Å².